The van der Waals surface area contributed by atoms with Crippen LogP contribution in [0.1, 0.15) is 34.9 Å². The van der Waals surface area contributed by atoms with Gasteiger partial charge in [-0.1, -0.05) is 0 Å². The molecule has 1 aliphatic rings. The first-order valence-corrected chi connectivity index (χ1v) is 9.02. The first kappa shape index (κ1) is 17.5. The number of aryl methyl sites for hydroxylation is 2. The van der Waals surface area contributed by atoms with Crippen molar-refractivity contribution in [3.05, 3.63) is 46.0 Å². The van der Waals surface area contributed by atoms with E-state index in [-0.39, 0.29) is 23.4 Å². The molecule has 1 aliphatic carbocycles. The fourth-order valence-electron chi connectivity index (χ4n) is 3.28. The number of furan rings is 1. The zero-order chi connectivity index (χ0) is 19.1. The van der Waals surface area contributed by atoms with E-state index in [1.54, 1.807) is 15.2 Å². The van der Waals surface area contributed by atoms with Crippen molar-refractivity contribution in [3.63, 3.8) is 0 Å². The van der Waals surface area contributed by atoms with E-state index in [4.69, 9.17) is 4.42 Å². The zero-order valence-corrected chi connectivity index (χ0v) is 15.3. The summed E-state index contributed by atoms with van der Waals surface area (Å²) in [4.78, 5) is 29.4. The third-order valence-electron chi connectivity index (χ3n) is 4.79. The van der Waals surface area contributed by atoms with Gasteiger partial charge in [0.1, 0.15) is 23.9 Å². The van der Waals surface area contributed by atoms with Gasteiger partial charge in [-0.25, -0.2) is 9.37 Å². The van der Waals surface area contributed by atoms with Crippen molar-refractivity contribution >= 4 is 11.6 Å². The molecule has 0 aliphatic heterocycles. The van der Waals surface area contributed by atoms with Gasteiger partial charge in [-0.2, -0.15) is 0 Å². The molecule has 1 N–H and O–H groups in total. The molecule has 1 fully saturated rings. The Bertz CT molecular complexity index is 1070. The third kappa shape index (κ3) is 3.27. The number of imidazole rings is 1. The second kappa shape index (κ2) is 6.68. The minimum absolute atomic E-state index is 0.0860. The molecule has 142 valence electrons. The highest BCUT2D eigenvalue weighted by molar-refractivity contribution is 5.92. The number of hydrogen-bond acceptors (Lipinski definition) is 4. The van der Waals surface area contributed by atoms with Gasteiger partial charge < -0.3 is 14.3 Å². The molecule has 0 radical (unpaired) electrons. The lowest BCUT2D eigenvalue weighted by Crippen LogP contribution is -2.26. The average Bonchev–Trinajstić information content (AvgIpc) is 3.24. The first-order valence-electron chi connectivity index (χ1n) is 9.02. The van der Waals surface area contributed by atoms with E-state index in [1.165, 1.54) is 6.20 Å². The highest BCUT2D eigenvalue weighted by Gasteiger charge is 2.26. The van der Waals surface area contributed by atoms with Gasteiger partial charge in [0.15, 0.2) is 0 Å². The number of aromatic nitrogens is 3. The number of amides is 1. The van der Waals surface area contributed by atoms with Gasteiger partial charge in [0.05, 0.1) is 5.69 Å². The Labute approximate surface area is 154 Å². The smallest absolute Gasteiger partial charge is 0.294 e. The fourth-order valence-corrected chi connectivity index (χ4v) is 3.28. The Balaban J connectivity index is 1.86. The van der Waals surface area contributed by atoms with E-state index in [9.17, 15) is 14.0 Å². The normalized spacial score (nSPS) is 14.0. The Morgan fingerprint density at radius 2 is 2.15 bits per heavy atom. The summed E-state index contributed by atoms with van der Waals surface area (Å²) >= 11 is 0. The van der Waals surface area contributed by atoms with Crippen molar-refractivity contribution in [2.75, 3.05) is 13.2 Å². The average molecular weight is 372 g/mol. The van der Waals surface area contributed by atoms with Crippen LogP contribution < -0.4 is 10.9 Å². The number of nitrogens with one attached hydrogen (secondary N) is 1. The van der Waals surface area contributed by atoms with E-state index >= 15 is 0 Å². The number of carbonyl (C=O) groups is 1. The van der Waals surface area contributed by atoms with Crippen molar-refractivity contribution in [2.24, 2.45) is 5.92 Å². The Kier molecular flexibility index (Phi) is 4.33. The minimum Gasteiger partial charge on any atom is -0.466 e. The molecule has 8 heteroatoms. The Morgan fingerprint density at radius 3 is 2.78 bits per heavy atom. The molecule has 0 atom stereocenters. The fraction of sp³-hybridized carbons (Fsp3) is 0.421. The summed E-state index contributed by atoms with van der Waals surface area (Å²) in [5.41, 5.74) is 1.62. The molecular weight excluding hydrogens is 351 g/mol. The van der Waals surface area contributed by atoms with Crippen molar-refractivity contribution in [1.29, 1.82) is 0 Å². The van der Waals surface area contributed by atoms with Crippen LogP contribution in [0.2, 0.25) is 0 Å². The van der Waals surface area contributed by atoms with Gasteiger partial charge in [-0.05, 0) is 38.7 Å². The van der Waals surface area contributed by atoms with Crippen molar-refractivity contribution in [3.8, 4) is 11.3 Å². The number of rotatable bonds is 6. The molecule has 0 aromatic carbocycles. The highest BCUT2D eigenvalue weighted by Crippen LogP contribution is 2.33. The van der Waals surface area contributed by atoms with Gasteiger partial charge >= 0.3 is 0 Å². The Morgan fingerprint density at radius 1 is 1.37 bits per heavy atom. The molecule has 4 rings (SSSR count). The summed E-state index contributed by atoms with van der Waals surface area (Å²) in [6.45, 7) is 3.60. The highest BCUT2D eigenvalue weighted by atomic mass is 19.1. The molecule has 0 saturated heterocycles. The molecule has 0 unspecified atom stereocenters. The van der Waals surface area contributed by atoms with Gasteiger partial charge in [0.25, 0.3) is 11.5 Å². The van der Waals surface area contributed by atoms with Crippen molar-refractivity contribution < 1.29 is 13.6 Å². The van der Waals surface area contributed by atoms with Crippen LogP contribution in [-0.4, -0.2) is 33.1 Å². The predicted molar refractivity (Wildman–Crippen MR) is 97.7 cm³/mol. The van der Waals surface area contributed by atoms with Crippen molar-refractivity contribution in [1.82, 2.24) is 19.3 Å². The second-order valence-electron chi connectivity index (χ2n) is 7.00. The second-order valence-corrected chi connectivity index (χ2v) is 7.00. The zero-order valence-electron chi connectivity index (χ0n) is 15.3. The van der Waals surface area contributed by atoms with Crippen LogP contribution in [0, 0.1) is 19.8 Å². The molecule has 3 aromatic heterocycles. The van der Waals surface area contributed by atoms with Crippen LogP contribution in [0.3, 0.4) is 0 Å². The molecule has 3 heterocycles. The van der Waals surface area contributed by atoms with E-state index in [0.717, 1.165) is 35.6 Å². The lowest BCUT2D eigenvalue weighted by atomic mass is 10.1. The number of carbonyl (C=O) groups excluding carboxylic acids is 1. The van der Waals surface area contributed by atoms with E-state index in [2.05, 4.69) is 10.3 Å². The van der Waals surface area contributed by atoms with E-state index < -0.39 is 12.6 Å². The quantitative estimate of drug-likeness (QED) is 0.721. The van der Waals surface area contributed by atoms with Gasteiger partial charge in [0, 0.05) is 31.0 Å². The van der Waals surface area contributed by atoms with Gasteiger partial charge in [0.2, 0.25) is 5.65 Å². The van der Waals surface area contributed by atoms with E-state index in [0.29, 0.717) is 12.5 Å². The third-order valence-corrected chi connectivity index (χ3v) is 4.79. The summed E-state index contributed by atoms with van der Waals surface area (Å²) < 4.78 is 21.2. The maximum atomic E-state index is 13.1. The lowest BCUT2D eigenvalue weighted by Gasteiger charge is -2.12. The monoisotopic (exact) mass is 372 g/mol. The SMILES string of the molecule is Cc1cc(-c2cn3cc(C(=O)NCCF)nc3c(=O)n2CC2CC2)c(C)o1. The Hall–Kier alpha value is -2.90. The van der Waals surface area contributed by atoms with Crippen LogP contribution in [0.5, 0.6) is 0 Å². The molecular formula is C19H21FN4O3. The number of nitrogens with zero attached hydrogens (tertiary/aromatic N) is 3. The standard InChI is InChI=1S/C19H21FN4O3/c1-11-7-14(12(2)27-11)16-10-23-9-15(18(25)21-6-5-20)22-17(23)19(26)24(16)8-13-3-4-13/h7,9-10,13H,3-6,8H2,1-2H3,(H,21,25). The summed E-state index contributed by atoms with van der Waals surface area (Å²) in [6, 6.07) is 1.91. The summed E-state index contributed by atoms with van der Waals surface area (Å²) in [7, 11) is 0. The number of hydrogen-bond donors (Lipinski definition) is 1. The maximum absolute atomic E-state index is 13.1. The van der Waals surface area contributed by atoms with Crippen LogP contribution in [0.15, 0.2) is 27.7 Å². The summed E-state index contributed by atoms with van der Waals surface area (Å²) in [5.74, 6) is 1.49. The minimum atomic E-state index is -0.656. The number of halogens is 1. The predicted octanol–water partition coefficient (Wildman–Crippen LogP) is 2.48. The molecule has 7 nitrogen and oxygen atoms in total. The molecule has 1 amide bonds. The lowest BCUT2D eigenvalue weighted by molar-refractivity contribution is 0.0946. The maximum Gasteiger partial charge on any atom is 0.294 e. The molecule has 3 aromatic rings. The molecule has 0 spiro atoms. The van der Waals surface area contributed by atoms with Crippen LogP contribution in [-0.2, 0) is 6.54 Å². The van der Waals surface area contributed by atoms with Crippen LogP contribution >= 0.6 is 0 Å². The summed E-state index contributed by atoms with van der Waals surface area (Å²) in [6.07, 6.45) is 5.50. The van der Waals surface area contributed by atoms with Gasteiger partial charge in [-0.3, -0.25) is 14.0 Å². The molecule has 0 bridgehead atoms. The largest absolute Gasteiger partial charge is 0.466 e. The number of alkyl halides is 1. The molecule has 1 saturated carbocycles. The van der Waals surface area contributed by atoms with E-state index in [1.807, 2.05) is 19.9 Å². The topological polar surface area (TPSA) is 81.5 Å². The molecule has 27 heavy (non-hydrogen) atoms. The van der Waals surface area contributed by atoms with Crippen LogP contribution in [0.4, 0.5) is 4.39 Å². The first-order chi connectivity index (χ1) is 13.0. The number of fused-ring (bicyclic) bond motifs is 1. The summed E-state index contributed by atoms with van der Waals surface area (Å²) in [5, 5.41) is 2.43. The van der Waals surface area contributed by atoms with Gasteiger partial charge in [-0.15, -0.1) is 0 Å². The van der Waals surface area contributed by atoms with Crippen LogP contribution in [0.25, 0.3) is 16.9 Å². The van der Waals surface area contributed by atoms with Crippen molar-refractivity contribution in [2.45, 2.75) is 33.2 Å².